The molecule has 1 aromatic heterocycles. The third-order valence-corrected chi connectivity index (χ3v) is 2.89. The highest BCUT2D eigenvalue weighted by Crippen LogP contribution is 2.24. The van der Waals surface area contributed by atoms with Crippen LogP contribution in [-0.2, 0) is 11.8 Å². The summed E-state index contributed by atoms with van der Waals surface area (Å²) in [6, 6.07) is 1.72. The average Bonchev–Trinajstić information content (AvgIpc) is 2.68. The molecule has 0 saturated heterocycles. The molecule has 0 amide bonds. The minimum Gasteiger partial charge on any atom is -0.370 e. The van der Waals surface area contributed by atoms with E-state index in [0.717, 1.165) is 0 Å². The molecule has 0 fully saturated rings. The summed E-state index contributed by atoms with van der Waals surface area (Å²) in [5, 5.41) is 4.11. The molecule has 0 aromatic carbocycles. The molecule has 4 heteroatoms. The van der Waals surface area contributed by atoms with Crippen LogP contribution >= 0.6 is 0 Å². The largest absolute Gasteiger partial charge is 0.370 e. The lowest BCUT2D eigenvalue weighted by Gasteiger charge is -2.27. The number of aryl methyl sites for hydroxylation is 1. The fourth-order valence-corrected chi connectivity index (χ4v) is 1.72. The molecule has 0 aliphatic heterocycles. The molecule has 4 nitrogen and oxygen atoms in total. The van der Waals surface area contributed by atoms with E-state index in [0.29, 0.717) is 18.5 Å². The Morgan fingerprint density at radius 3 is 2.47 bits per heavy atom. The van der Waals surface area contributed by atoms with Gasteiger partial charge in [0.05, 0.1) is 0 Å². The molecule has 0 aliphatic carbocycles. The van der Waals surface area contributed by atoms with Crippen molar-refractivity contribution in [3.05, 3.63) is 18.0 Å². The van der Waals surface area contributed by atoms with Crippen LogP contribution in [-0.4, -0.2) is 28.3 Å². The van der Waals surface area contributed by atoms with Gasteiger partial charge in [0.25, 0.3) is 0 Å². The highest BCUT2D eigenvalue weighted by molar-refractivity contribution is 6.00. The molecule has 0 unspecified atom stereocenters. The summed E-state index contributed by atoms with van der Waals surface area (Å²) in [7, 11) is 3.37. The van der Waals surface area contributed by atoms with E-state index in [2.05, 4.69) is 5.10 Å². The van der Waals surface area contributed by atoms with Crippen molar-refractivity contribution in [2.24, 2.45) is 7.05 Å². The summed E-state index contributed by atoms with van der Waals surface area (Å²) in [5.74, 6) is -0.0319. The van der Waals surface area contributed by atoms with Crippen molar-refractivity contribution in [1.29, 1.82) is 0 Å². The molecular formula is C11H18N2O2. The molecule has 0 bridgehead atoms. The fourth-order valence-electron chi connectivity index (χ4n) is 1.72. The quantitative estimate of drug-likeness (QED) is 0.696. The second-order valence-corrected chi connectivity index (χ2v) is 3.61. The van der Waals surface area contributed by atoms with E-state index in [4.69, 9.17) is 4.74 Å². The molecule has 0 N–H and O–H groups in total. The second kappa shape index (κ2) is 4.57. The minimum absolute atomic E-state index is 0.0319. The average molecular weight is 210 g/mol. The van der Waals surface area contributed by atoms with E-state index in [1.165, 1.54) is 0 Å². The zero-order chi connectivity index (χ0) is 11.5. The summed E-state index contributed by atoms with van der Waals surface area (Å²) >= 11 is 0. The number of hydrogen-bond donors (Lipinski definition) is 0. The van der Waals surface area contributed by atoms with Gasteiger partial charge in [-0.25, -0.2) is 0 Å². The van der Waals surface area contributed by atoms with Gasteiger partial charge < -0.3 is 4.74 Å². The maximum Gasteiger partial charge on any atom is 0.214 e. The fraction of sp³-hybridized carbons (Fsp3) is 0.636. The molecule has 1 rings (SSSR count). The predicted molar refractivity (Wildman–Crippen MR) is 57.9 cm³/mol. The summed E-state index contributed by atoms with van der Waals surface area (Å²) in [6.07, 6.45) is 3.09. The molecule has 1 heterocycles. The van der Waals surface area contributed by atoms with Crippen molar-refractivity contribution >= 4 is 5.78 Å². The minimum atomic E-state index is -0.714. The van der Waals surface area contributed by atoms with Crippen LogP contribution in [0.1, 0.15) is 37.2 Å². The zero-order valence-electron chi connectivity index (χ0n) is 9.78. The van der Waals surface area contributed by atoms with Gasteiger partial charge in [-0.15, -0.1) is 0 Å². The monoisotopic (exact) mass is 210 g/mol. The topological polar surface area (TPSA) is 44.1 Å². The van der Waals surface area contributed by atoms with Crippen LogP contribution in [0, 0.1) is 0 Å². The van der Waals surface area contributed by atoms with Gasteiger partial charge >= 0.3 is 0 Å². The third-order valence-electron chi connectivity index (χ3n) is 2.89. The van der Waals surface area contributed by atoms with E-state index >= 15 is 0 Å². The third kappa shape index (κ3) is 2.09. The Morgan fingerprint density at radius 1 is 1.53 bits per heavy atom. The maximum absolute atomic E-state index is 12.2. The lowest BCUT2D eigenvalue weighted by Crippen LogP contribution is -2.39. The Labute approximate surface area is 90.2 Å². The zero-order valence-corrected chi connectivity index (χ0v) is 9.78. The lowest BCUT2D eigenvalue weighted by molar-refractivity contribution is -0.00306. The predicted octanol–water partition coefficient (Wildman–Crippen LogP) is 1.81. The van der Waals surface area contributed by atoms with Crippen LogP contribution < -0.4 is 0 Å². The van der Waals surface area contributed by atoms with Crippen LogP contribution in [0.5, 0.6) is 0 Å². The van der Waals surface area contributed by atoms with Gasteiger partial charge in [0.2, 0.25) is 5.78 Å². The van der Waals surface area contributed by atoms with E-state index in [9.17, 15) is 4.79 Å². The summed E-state index contributed by atoms with van der Waals surface area (Å²) in [4.78, 5) is 12.2. The van der Waals surface area contributed by atoms with E-state index in [1.807, 2.05) is 13.8 Å². The maximum atomic E-state index is 12.2. The van der Waals surface area contributed by atoms with E-state index in [1.54, 1.807) is 31.1 Å². The molecule has 1 aromatic rings. The highest BCUT2D eigenvalue weighted by Gasteiger charge is 2.36. The number of Topliss-reactive ketones (excluding diaryl/α,β-unsaturated/α-hetero) is 1. The number of aromatic nitrogens is 2. The first kappa shape index (κ1) is 11.9. The SMILES string of the molecule is CCC(CC)(OC)C(=O)c1ccn(C)n1. The van der Waals surface area contributed by atoms with Crippen molar-refractivity contribution < 1.29 is 9.53 Å². The van der Waals surface area contributed by atoms with Crippen LogP contribution in [0.3, 0.4) is 0 Å². The van der Waals surface area contributed by atoms with Gasteiger partial charge in [0.15, 0.2) is 0 Å². The van der Waals surface area contributed by atoms with Crippen LogP contribution in [0.15, 0.2) is 12.3 Å². The van der Waals surface area contributed by atoms with Gasteiger partial charge in [0.1, 0.15) is 11.3 Å². The number of rotatable bonds is 5. The van der Waals surface area contributed by atoms with Crippen molar-refractivity contribution in [1.82, 2.24) is 9.78 Å². The number of carbonyl (C=O) groups is 1. The van der Waals surface area contributed by atoms with Gasteiger partial charge in [-0.1, -0.05) is 13.8 Å². The Morgan fingerprint density at radius 2 is 2.13 bits per heavy atom. The molecular weight excluding hydrogens is 192 g/mol. The van der Waals surface area contributed by atoms with Crippen LogP contribution in [0.25, 0.3) is 0 Å². The lowest BCUT2D eigenvalue weighted by atomic mass is 9.90. The van der Waals surface area contributed by atoms with Gasteiger partial charge in [0, 0.05) is 20.4 Å². The molecule has 0 spiro atoms. The number of ether oxygens (including phenoxy) is 1. The number of ketones is 1. The van der Waals surface area contributed by atoms with Gasteiger partial charge in [-0.3, -0.25) is 9.48 Å². The number of hydrogen-bond acceptors (Lipinski definition) is 3. The summed E-state index contributed by atoms with van der Waals surface area (Å²) in [5.41, 5.74) is -0.239. The standard InChI is InChI=1S/C11H18N2O2/c1-5-11(6-2,15-4)10(14)9-7-8-13(3)12-9/h7-8H,5-6H2,1-4H3. The van der Waals surface area contributed by atoms with E-state index in [-0.39, 0.29) is 5.78 Å². The van der Waals surface area contributed by atoms with Gasteiger partial charge in [-0.2, -0.15) is 5.10 Å². The van der Waals surface area contributed by atoms with Crippen LogP contribution in [0.2, 0.25) is 0 Å². The summed E-state index contributed by atoms with van der Waals surface area (Å²) < 4.78 is 6.99. The van der Waals surface area contributed by atoms with Crippen molar-refractivity contribution in [2.45, 2.75) is 32.3 Å². The first-order chi connectivity index (χ1) is 7.09. The Balaban J connectivity index is 3.00. The molecule has 15 heavy (non-hydrogen) atoms. The van der Waals surface area contributed by atoms with Crippen molar-refractivity contribution in [3.8, 4) is 0 Å². The van der Waals surface area contributed by atoms with Crippen LogP contribution in [0.4, 0.5) is 0 Å². The first-order valence-electron chi connectivity index (χ1n) is 5.19. The number of nitrogens with zero attached hydrogens (tertiary/aromatic N) is 2. The number of carbonyl (C=O) groups excluding carboxylic acids is 1. The number of methoxy groups -OCH3 is 1. The smallest absolute Gasteiger partial charge is 0.214 e. The highest BCUT2D eigenvalue weighted by atomic mass is 16.5. The normalized spacial score (nSPS) is 11.7. The second-order valence-electron chi connectivity index (χ2n) is 3.61. The molecule has 84 valence electrons. The molecule has 0 aliphatic rings. The van der Waals surface area contributed by atoms with Crippen molar-refractivity contribution in [3.63, 3.8) is 0 Å². The first-order valence-corrected chi connectivity index (χ1v) is 5.19. The van der Waals surface area contributed by atoms with Gasteiger partial charge in [-0.05, 0) is 18.9 Å². The summed E-state index contributed by atoms with van der Waals surface area (Å²) in [6.45, 7) is 3.90. The van der Waals surface area contributed by atoms with E-state index < -0.39 is 5.60 Å². The Bertz CT molecular complexity index is 332. The molecule has 0 radical (unpaired) electrons. The molecule has 0 saturated carbocycles. The molecule has 0 atom stereocenters. The van der Waals surface area contributed by atoms with Crippen molar-refractivity contribution in [2.75, 3.05) is 7.11 Å². The Kier molecular flexibility index (Phi) is 3.63. The Hall–Kier alpha value is -1.16.